The van der Waals surface area contributed by atoms with Gasteiger partial charge in [-0.2, -0.15) is 0 Å². The third-order valence-electron chi connectivity index (χ3n) is 4.76. The number of hydrogen-bond donors (Lipinski definition) is 0. The topological polar surface area (TPSA) is 34.9 Å². The highest BCUT2D eigenvalue weighted by molar-refractivity contribution is 7.98. The van der Waals surface area contributed by atoms with Gasteiger partial charge in [-0.25, -0.2) is 4.98 Å². The van der Waals surface area contributed by atoms with Crippen molar-refractivity contribution in [2.24, 2.45) is 0 Å². The van der Waals surface area contributed by atoms with Crippen molar-refractivity contribution in [3.63, 3.8) is 0 Å². The molecule has 26 heavy (non-hydrogen) atoms. The molecular weight excluding hydrogens is 407 g/mol. The van der Waals surface area contributed by atoms with Gasteiger partial charge in [0, 0.05) is 27.2 Å². The van der Waals surface area contributed by atoms with Crippen LogP contribution in [0.2, 0.25) is 10.0 Å². The summed E-state index contributed by atoms with van der Waals surface area (Å²) in [5, 5.41) is 2.86. The Bertz CT molecular complexity index is 1020. The molecule has 1 aliphatic carbocycles. The minimum Gasteiger partial charge on any atom is -0.287 e. The molecule has 3 aromatic rings. The zero-order valence-corrected chi connectivity index (χ0v) is 17.5. The van der Waals surface area contributed by atoms with Gasteiger partial charge in [0.1, 0.15) is 4.83 Å². The SMILES string of the molecule is CCn1c(SCc2c(Cl)cccc2Cl)nc2sc3c(c2c1=O)CCCC3. The first-order chi connectivity index (χ1) is 12.6. The van der Waals surface area contributed by atoms with Gasteiger partial charge in [-0.1, -0.05) is 41.0 Å². The van der Waals surface area contributed by atoms with Crippen LogP contribution in [0.15, 0.2) is 28.2 Å². The summed E-state index contributed by atoms with van der Waals surface area (Å²) < 4.78 is 1.78. The van der Waals surface area contributed by atoms with E-state index in [-0.39, 0.29) is 5.56 Å². The molecule has 3 nitrogen and oxygen atoms in total. The smallest absolute Gasteiger partial charge is 0.263 e. The molecule has 0 fully saturated rings. The summed E-state index contributed by atoms with van der Waals surface area (Å²) in [4.78, 5) is 20.2. The maximum absolute atomic E-state index is 13.1. The van der Waals surface area contributed by atoms with Crippen molar-refractivity contribution in [3.8, 4) is 0 Å². The first-order valence-corrected chi connectivity index (χ1v) is 11.3. The second kappa shape index (κ2) is 7.55. The Morgan fingerprint density at radius 3 is 2.69 bits per heavy atom. The Morgan fingerprint density at radius 1 is 1.23 bits per heavy atom. The highest BCUT2D eigenvalue weighted by Gasteiger charge is 2.22. The molecule has 4 rings (SSSR count). The third kappa shape index (κ3) is 3.19. The van der Waals surface area contributed by atoms with Gasteiger partial charge in [0.05, 0.1) is 5.39 Å². The number of fused-ring (bicyclic) bond motifs is 3. The predicted octanol–water partition coefficient (Wildman–Crippen LogP) is 5.96. The lowest BCUT2D eigenvalue weighted by atomic mass is 9.97. The number of halogens is 2. The molecule has 0 amide bonds. The van der Waals surface area contributed by atoms with Crippen molar-refractivity contribution in [2.75, 3.05) is 0 Å². The normalized spacial score (nSPS) is 14.0. The molecule has 0 unspecified atom stereocenters. The molecule has 7 heteroatoms. The molecule has 1 aliphatic rings. The second-order valence-corrected chi connectivity index (χ2v) is 9.16. The van der Waals surface area contributed by atoms with Crippen LogP contribution < -0.4 is 5.56 Å². The molecule has 0 atom stereocenters. The van der Waals surface area contributed by atoms with Crippen LogP contribution in [0.3, 0.4) is 0 Å². The molecule has 1 aromatic carbocycles. The van der Waals surface area contributed by atoms with E-state index < -0.39 is 0 Å². The van der Waals surface area contributed by atoms with Gasteiger partial charge < -0.3 is 0 Å². The first kappa shape index (κ1) is 18.4. The molecule has 0 saturated heterocycles. The van der Waals surface area contributed by atoms with E-state index in [1.807, 2.05) is 25.1 Å². The number of aryl methyl sites for hydroxylation is 2. The van der Waals surface area contributed by atoms with Crippen molar-refractivity contribution >= 4 is 56.5 Å². The fraction of sp³-hybridized carbons (Fsp3) is 0.368. The lowest BCUT2D eigenvalue weighted by molar-refractivity contribution is 0.633. The van der Waals surface area contributed by atoms with Gasteiger partial charge in [0.2, 0.25) is 0 Å². The summed E-state index contributed by atoms with van der Waals surface area (Å²) in [6.45, 7) is 2.59. The standard InChI is InChI=1S/C19H18Cl2N2OS2/c1-2-23-18(24)16-11-6-3-4-9-15(11)26-17(16)22-19(23)25-10-12-13(20)7-5-8-14(12)21/h5,7-8H,2-4,6,9-10H2,1H3. The molecule has 2 heterocycles. The fourth-order valence-electron chi connectivity index (χ4n) is 3.42. The van der Waals surface area contributed by atoms with Gasteiger partial charge in [-0.3, -0.25) is 9.36 Å². The van der Waals surface area contributed by atoms with Crippen LogP contribution >= 0.6 is 46.3 Å². The van der Waals surface area contributed by atoms with E-state index in [0.717, 1.165) is 40.2 Å². The minimum absolute atomic E-state index is 0.0876. The number of thiophene rings is 1. The number of thioether (sulfide) groups is 1. The quantitative estimate of drug-likeness (QED) is 0.382. The second-order valence-electron chi connectivity index (χ2n) is 6.32. The van der Waals surface area contributed by atoms with E-state index in [9.17, 15) is 4.79 Å². The molecule has 2 aromatic heterocycles. The van der Waals surface area contributed by atoms with E-state index >= 15 is 0 Å². The highest BCUT2D eigenvalue weighted by atomic mass is 35.5. The fourth-order valence-corrected chi connectivity index (χ4v) is 6.52. The zero-order chi connectivity index (χ0) is 18.3. The van der Waals surface area contributed by atoms with E-state index in [4.69, 9.17) is 28.2 Å². The van der Waals surface area contributed by atoms with Gasteiger partial charge in [-0.05, 0) is 55.9 Å². The van der Waals surface area contributed by atoms with Gasteiger partial charge >= 0.3 is 0 Å². The van der Waals surface area contributed by atoms with Crippen molar-refractivity contribution in [2.45, 2.75) is 50.1 Å². The Hall–Kier alpha value is -1.01. The molecule has 136 valence electrons. The van der Waals surface area contributed by atoms with Gasteiger partial charge in [-0.15, -0.1) is 11.3 Å². The molecule has 0 bridgehead atoms. The van der Waals surface area contributed by atoms with Gasteiger partial charge in [0.15, 0.2) is 5.16 Å². The zero-order valence-electron chi connectivity index (χ0n) is 14.3. The van der Waals surface area contributed by atoms with Crippen LogP contribution in [0.1, 0.15) is 35.8 Å². The molecule has 0 N–H and O–H groups in total. The van der Waals surface area contributed by atoms with Gasteiger partial charge in [0.25, 0.3) is 5.56 Å². The van der Waals surface area contributed by atoms with Crippen LogP contribution in [0, 0.1) is 0 Å². The molecule has 0 saturated carbocycles. The van der Waals surface area contributed by atoms with E-state index in [1.54, 1.807) is 15.9 Å². The van der Waals surface area contributed by atoms with Crippen molar-refractivity contribution in [1.29, 1.82) is 0 Å². The number of benzene rings is 1. The number of hydrogen-bond acceptors (Lipinski definition) is 4. The number of aromatic nitrogens is 2. The highest BCUT2D eigenvalue weighted by Crippen LogP contribution is 2.36. The van der Waals surface area contributed by atoms with Crippen LogP contribution in [-0.4, -0.2) is 9.55 Å². The molecule has 0 spiro atoms. The average Bonchev–Trinajstić information content (AvgIpc) is 3.00. The van der Waals surface area contributed by atoms with Crippen molar-refractivity contribution in [1.82, 2.24) is 9.55 Å². The van der Waals surface area contributed by atoms with E-state index in [1.165, 1.54) is 28.6 Å². The summed E-state index contributed by atoms with van der Waals surface area (Å²) >= 11 is 15.8. The van der Waals surface area contributed by atoms with Crippen LogP contribution in [-0.2, 0) is 25.1 Å². The molecular formula is C19H18Cl2N2OS2. The molecule has 0 radical (unpaired) electrons. The van der Waals surface area contributed by atoms with Crippen molar-refractivity contribution in [3.05, 3.63) is 54.6 Å². The number of rotatable bonds is 4. The Balaban J connectivity index is 1.76. The summed E-state index contributed by atoms with van der Waals surface area (Å²) in [5.41, 5.74) is 2.20. The number of nitrogens with zero attached hydrogens (tertiary/aromatic N) is 2. The Kier molecular flexibility index (Phi) is 5.33. The summed E-state index contributed by atoms with van der Waals surface area (Å²) in [5.74, 6) is 0.585. The predicted molar refractivity (Wildman–Crippen MR) is 112 cm³/mol. The van der Waals surface area contributed by atoms with Crippen LogP contribution in [0.4, 0.5) is 0 Å². The van der Waals surface area contributed by atoms with Crippen LogP contribution in [0.25, 0.3) is 10.2 Å². The summed E-state index contributed by atoms with van der Waals surface area (Å²) in [6.07, 6.45) is 4.43. The summed E-state index contributed by atoms with van der Waals surface area (Å²) in [6, 6.07) is 5.50. The van der Waals surface area contributed by atoms with E-state index in [2.05, 4.69) is 0 Å². The Labute approximate surface area is 170 Å². The lowest BCUT2D eigenvalue weighted by Gasteiger charge is -2.12. The largest absolute Gasteiger partial charge is 0.287 e. The molecule has 0 aliphatic heterocycles. The lowest BCUT2D eigenvalue weighted by Crippen LogP contribution is -2.23. The van der Waals surface area contributed by atoms with Crippen molar-refractivity contribution < 1.29 is 0 Å². The first-order valence-electron chi connectivity index (χ1n) is 8.71. The van der Waals surface area contributed by atoms with E-state index in [0.29, 0.717) is 22.3 Å². The average molecular weight is 425 g/mol. The monoisotopic (exact) mass is 424 g/mol. The maximum atomic E-state index is 13.1. The summed E-state index contributed by atoms with van der Waals surface area (Å²) in [7, 11) is 0. The third-order valence-corrected chi connectivity index (χ3v) is 7.66. The maximum Gasteiger partial charge on any atom is 0.263 e. The minimum atomic E-state index is 0.0876. The van der Waals surface area contributed by atoms with Crippen LogP contribution in [0.5, 0.6) is 0 Å². The Morgan fingerprint density at radius 2 is 1.96 bits per heavy atom.